The summed E-state index contributed by atoms with van der Waals surface area (Å²) in [6, 6.07) is 0. The lowest BCUT2D eigenvalue weighted by Gasteiger charge is -2.35. The van der Waals surface area contributed by atoms with Crippen molar-refractivity contribution in [1.29, 1.82) is 0 Å². The zero-order valence-electron chi connectivity index (χ0n) is 6.85. The summed E-state index contributed by atoms with van der Waals surface area (Å²) in [6.07, 6.45) is 2.96. The van der Waals surface area contributed by atoms with Gasteiger partial charge in [0.2, 0.25) is 0 Å². The minimum Gasteiger partial charge on any atom is -0.389 e. The summed E-state index contributed by atoms with van der Waals surface area (Å²) >= 11 is 0. The van der Waals surface area contributed by atoms with Gasteiger partial charge in [-0.3, -0.25) is 0 Å². The Hall–Kier alpha value is -0.300. The van der Waals surface area contributed by atoms with Crippen LogP contribution in [0.1, 0.15) is 33.1 Å². The van der Waals surface area contributed by atoms with E-state index in [0.717, 1.165) is 18.4 Å². The number of aliphatic hydroxyl groups excluding tert-OH is 1. The molecule has 0 spiro atoms. The summed E-state index contributed by atoms with van der Waals surface area (Å²) in [5.74, 6) is 0. The molecule has 0 aromatic rings. The van der Waals surface area contributed by atoms with Crippen molar-refractivity contribution in [2.24, 2.45) is 5.41 Å². The maximum Gasteiger partial charge on any atom is 0.0752 e. The lowest BCUT2D eigenvalue weighted by Crippen LogP contribution is -2.28. The van der Waals surface area contributed by atoms with Crippen molar-refractivity contribution in [2.45, 2.75) is 39.2 Å². The van der Waals surface area contributed by atoms with Gasteiger partial charge in [-0.15, -0.1) is 0 Å². The average Bonchev–Trinajstić information content (AvgIpc) is 1.83. The van der Waals surface area contributed by atoms with Gasteiger partial charge in [-0.2, -0.15) is 0 Å². The van der Waals surface area contributed by atoms with Crippen molar-refractivity contribution in [3.63, 3.8) is 0 Å². The Morgan fingerprint density at radius 2 is 2.20 bits per heavy atom. The molecule has 0 saturated heterocycles. The molecule has 0 aromatic heterocycles. The van der Waals surface area contributed by atoms with Crippen LogP contribution >= 0.6 is 0 Å². The molecule has 1 unspecified atom stereocenters. The van der Waals surface area contributed by atoms with Gasteiger partial charge in [0, 0.05) is 0 Å². The largest absolute Gasteiger partial charge is 0.389 e. The van der Waals surface area contributed by atoms with Gasteiger partial charge in [0.25, 0.3) is 0 Å². The lowest BCUT2D eigenvalue weighted by molar-refractivity contribution is 0.135. The molecular formula is C9H16O. The van der Waals surface area contributed by atoms with Crippen LogP contribution in [0.4, 0.5) is 0 Å². The Morgan fingerprint density at radius 3 is 2.60 bits per heavy atom. The van der Waals surface area contributed by atoms with Crippen LogP contribution in [-0.2, 0) is 0 Å². The van der Waals surface area contributed by atoms with Gasteiger partial charge in [0.05, 0.1) is 6.10 Å². The first-order valence-electron chi connectivity index (χ1n) is 3.91. The van der Waals surface area contributed by atoms with Crippen molar-refractivity contribution < 1.29 is 5.11 Å². The highest BCUT2D eigenvalue weighted by Gasteiger charge is 2.30. The average molecular weight is 140 g/mol. The van der Waals surface area contributed by atoms with E-state index in [1.807, 2.05) is 0 Å². The monoisotopic (exact) mass is 140 g/mol. The van der Waals surface area contributed by atoms with Crippen LogP contribution in [0.3, 0.4) is 0 Å². The van der Waals surface area contributed by atoms with E-state index < -0.39 is 0 Å². The third-order valence-corrected chi connectivity index (χ3v) is 2.55. The molecule has 0 amide bonds. The van der Waals surface area contributed by atoms with Gasteiger partial charge in [0.1, 0.15) is 0 Å². The van der Waals surface area contributed by atoms with Crippen LogP contribution in [0, 0.1) is 5.41 Å². The standard InChI is InChI=1S/C9H16O/c1-7-8(10)5-4-6-9(7,2)3/h8,10H,1,4-6H2,2-3H3. The predicted molar refractivity (Wildman–Crippen MR) is 42.8 cm³/mol. The van der Waals surface area contributed by atoms with Crippen molar-refractivity contribution in [3.05, 3.63) is 12.2 Å². The maximum atomic E-state index is 9.41. The molecule has 1 nitrogen and oxygen atoms in total. The summed E-state index contributed by atoms with van der Waals surface area (Å²) in [7, 11) is 0. The number of hydrogen-bond acceptors (Lipinski definition) is 1. The molecule has 1 heteroatoms. The Kier molecular flexibility index (Phi) is 1.86. The van der Waals surface area contributed by atoms with Crippen LogP contribution in [0.5, 0.6) is 0 Å². The molecule has 1 rings (SSSR count). The zero-order valence-corrected chi connectivity index (χ0v) is 6.85. The summed E-state index contributed by atoms with van der Waals surface area (Å²) in [6.45, 7) is 8.20. The molecule has 1 aliphatic carbocycles. The third-order valence-electron chi connectivity index (χ3n) is 2.55. The van der Waals surface area contributed by atoms with Gasteiger partial charge < -0.3 is 5.11 Å². The summed E-state index contributed by atoms with van der Waals surface area (Å²) < 4.78 is 0. The van der Waals surface area contributed by atoms with Gasteiger partial charge in [-0.25, -0.2) is 0 Å². The molecule has 0 radical (unpaired) electrons. The van der Waals surface area contributed by atoms with Gasteiger partial charge in [-0.05, 0) is 30.3 Å². The highest BCUT2D eigenvalue weighted by atomic mass is 16.3. The molecule has 1 saturated carbocycles. The second-order valence-electron chi connectivity index (χ2n) is 3.82. The first-order valence-corrected chi connectivity index (χ1v) is 3.91. The molecule has 1 fully saturated rings. The fourth-order valence-electron chi connectivity index (χ4n) is 1.52. The Labute approximate surface area is 62.8 Å². The van der Waals surface area contributed by atoms with Crippen LogP contribution in [-0.4, -0.2) is 11.2 Å². The topological polar surface area (TPSA) is 20.2 Å². The minimum absolute atomic E-state index is 0.164. The van der Waals surface area contributed by atoms with Gasteiger partial charge >= 0.3 is 0 Å². The van der Waals surface area contributed by atoms with E-state index >= 15 is 0 Å². The lowest BCUT2D eigenvalue weighted by atomic mass is 9.73. The summed E-state index contributed by atoms with van der Waals surface area (Å²) in [5, 5.41) is 9.41. The molecule has 0 aromatic carbocycles. The molecule has 0 heterocycles. The van der Waals surface area contributed by atoms with E-state index in [1.165, 1.54) is 6.42 Å². The van der Waals surface area contributed by atoms with E-state index in [9.17, 15) is 5.11 Å². The zero-order chi connectivity index (χ0) is 7.78. The second kappa shape index (κ2) is 2.39. The van der Waals surface area contributed by atoms with E-state index in [-0.39, 0.29) is 11.5 Å². The first-order chi connectivity index (χ1) is 4.54. The fourth-order valence-corrected chi connectivity index (χ4v) is 1.52. The van der Waals surface area contributed by atoms with Crippen LogP contribution < -0.4 is 0 Å². The van der Waals surface area contributed by atoms with Gasteiger partial charge in [0.15, 0.2) is 0 Å². The van der Waals surface area contributed by atoms with Crippen molar-refractivity contribution in [3.8, 4) is 0 Å². The molecule has 0 aliphatic heterocycles. The normalized spacial score (nSPS) is 32.3. The molecule has 1 aliphatic rings. The van der Waals surface area contributed by atoms with E-state index in [1.54, 1.807) is 0 Å². The summed E-state index contributed by atoms with van der Waals surface area (Å²) in [4.78, 5) is 0. The maximum absolute atomic E-state index is 9.41. The van der Waals surface area contributed by atoms with Gasteiger partial charge in [-0.1, -0.05) is 20.4 Å². The second-order valence-corrected chi connectivity index (χ2v) is 3.82. The smallest absolute Gasteiger partial charge is 0.0752 e. The minimum atomic E-state index is -0.247. The van der Waals surface area contributed by atoms with Crippen molar-refractivity contribution >= 4 is 0 Å². The first kappa shape index (κ1) is 7.80. The number of aliphatic hydroxyl groups is 1. The number of rotatable bonds is 0. The van der Waals surface area contributed by atoms with Crippen LogP contribution in [0.15, 0.2) is 12.2 Å². The molecule has 0 bridgehead atoms. The number of hydrogen-bond donors (Lipinski definition) is 1. The van der Waals surface area contributed by atoms with Crippen LogP contribution in [0.2, 0.25) is 0 Å². The van der Waals surface area contributed by atoms with E-state index in [4.69, 9.17) is 0 Å². The third kappa shape index (κ3) is 1.24. The Morgan fingerprint density at radius 1 is 1.60 bits per heavy atom. The van der Waals surface area contributed by atoms with E-state index in [2.05, 4.69) is 20.4 Å². The molecular weight excluding hydrogens is 124 g/mol. The highest BCUT2D eigenvalue weighted by Crippen LogP contribution is 2.38. The predicted octanol–water partition coefficient (Wildman–Crippen LogP) is 2.11. The van der Waals surface area contributed by atoms with Crippen LogP contribution in [0.25, 0.3) is 0 Å². The van der Waals surface area contributed by atoms with Crippen molar-refractivity contribution in [1.82, 2.24) is 0 Å². The Balaban J connectivity index is 2.70. The van der Waals surface area contributed by atoms with E-state index in [0.29, 0.717) is 0 Å². The molecule has 1 atom stereocenters. The van der Waals surface area contributed by atoms with Crippen molar-refractivity contribution in [2.75, 3.05) is 0 Å². The SMILES string of the molecule is C=C1C(O)CCCC1(C)C. The molecule has 10 heavy (non-hydrogen) atoms. The summed E-state index contributed by atoms with van der Waals surface area (Å²) in [5.41, 5.74) is 1.18. The Bertz CT molecular complexity index is 147. The fraction of sp³-hybridized carbons (Fsp3) is 0.778. The quantitative estimate of drug-likeness (QED) is 0.511. The molecule has 58 valence electrons. The highest BCUT2D eigenvalue weighted by molar-refractivity contribution is 5.14. The molecule has 1 N–H and O–H groups in total.